The van der Waals surface area contributed by atoms with Crippen molar-refractivity contribution in [3.63, 3.8) is 0 Å². The Labute approximate surface area is 340 Å². The van der Waals surface area contributed by atoms with Crippen LogP contribution < -0.4 is 5.73 Å². The first-order chi connectivity index (χ1) is 26.9. The maximum absolute atomic E-state index is 14.6. The predicted molar refractivity (Wildman–Crippen MR) is 225 cm³/mol. The van der Waals surface area contributed by atoms with Crippen LogP contribution in [0.1, 0.15) is 134 Å². The van der Waals surface area contributed by atoms with Crippen LogP contribution in [0.25, 0.3) is 10.9 Å². The number of ether oxygens (including phenoxy) is 2. The summed E-state index contributed by atoms with van der Waals surface area (Å²) in [5.74, 6) is 1.65. The van der Waals surface area contributed by atoms with Crippen LogP contribution in [0, 0.1) is 77.4 Å². The Morgan fingerprint density at radius 3 is 2.37 bits per heavy atom. The summed E-state index contributed by atoms with van der Waals surface area (Å²) in [4.78, 5) is 41.0. The number of carbonyl (C=O) groups is 2. The highest BCUT2D eigenvalue weighted by Crippen LogP contribution is 2.77. The number of aromatic amines is 1. The molecule has 0 aliphatic heterocycles. The van der Waals surface area contributed by atoms with Crippen molar-refractivity contribution in [1.82, 2.24) is 15.0 Å². The van der Waals surface area contributed by atoms with Crippen LogP contribution in [-0.2, 0) is 32.1 Å². The van der Waals surface area contributed by atoms with Gasteiger partial charge in [0, 0.05) is 28.9 Å². The summed E-state index contributed by atoms with van der Waals surface area (Å²) < 4.78 is 12.7. The molecule has 0 saturated heterocycles. The molecule has 0 amide bonds. The van der Waals surface area contributed by atoms with E-state index in [4.69, 9.17) is 20.2 Å². The van der Waals surface area contributed by atoms with E-state index in [1.54, 1.807) is 0 Å². The summed E-state index contributed by atoms with van der Waals surface area (Å²) in [5, 5.41) is 1.11. The normalized spacial score (nSPS) is 37.3. The molecule has 1 aromatic carbocycles. The summed E-state index contributed by atoms with van der Waals surface area (Å²) in [6, 6.07) is 7.44. The van der Waals surface area contributed by atoms with Gasteiger partial charge in [-0.05, 0) is 149 Å². The van der Waals surface area contributed by atoms with Crippen molar-refractivity contribution in [2.45, 2.75) is 152 Å². The summed E-state index contributed by atoms with van der Waals surface area (Å²) >= 11 is 0. The van der Waals surface area contributed by atoms with Gasteiger partial charge in [-0.3, -0.25) is 19.6 Å². The van der Waals surface area contributed by atoms with Crippen molar-refractivity contribution < 1.29 is 19.1 Å². The molecule has 308 valence electrons. The number of hydrogen-bond donors (Lipinski definition) is 2. The number of carbonyl (C=O) groups excluding carboxylic acids is 2. The van der Waals surface area contributed by atoms with Gasteiger partial charge in [0.05, 0.1) is 28.2 Å². The zero-order chi connectivity index (χ0) is 40.9. The van der Waals surface area contributed by atoms with Gasteiger partial charge in [-0.25, -0.2) is 0 Å². The fraction of sp³-hybridized carbons (Fsp3) is 0.673. The van der Waals surface area contributed by atoms with Gasteiger partial charge in [0.25, 0.3) is 0 Å². The van der Waals surface area contributed by atoms with E-state index < -0.39 is 11.5 Å². The van der Waals surface area contributed by atoms with Crippen LogP contribution >= 0.6 is 0 Å². The number of aryl methyl sites for hydroxylation is 3. The maximum atomic E-state index is 14.6. The molecular weight excluding hydrogens is 709 g/mol. The number of H-pyrrole nitrogens is 1. The van der Waals surface area contributed by atoms with Crippen LogP contribution in [0.5, 0.6) is 0 Å². The van der Waals surface area contributed by atoms with E-state index in [9.17, 15) is 9.59 Å². The molecule has 5 aliphatic rings. The third-order valence-electron chi connectivity index (χ3n) is 18.0. The van der Waals surface area contributed by atoms with Gasteiger partial charge in [-0.15, -0.1) is 0 Å². The van der Waals surface area contributed by atoms with Crippen LogP contribution in [0.15, 0.2) is 42.6 Å². The Hall–Kier alpha value is -3.52. The quantitative estimate of drug-likeness (QED) is 0.173. The number of rotatable bonds is 8. The van der Waals surface area contributed by atoms with E-state index >= 15 is 0 Å². The second-order valence-corrected chi connectivity index (χ2v) is 20.8. The summed E-state index contributed by atoms with van der Waals surface area (Å²) in [5.41, 5.74) is 13.0. The second kappa shape index (κ2) is 14.1. The van der Waals surface area contributed by atoms with E-state index in [0.717, 1.165) is 97.0 Å². The van der Waals surface area contributed by atoms with Crippen molar-refractivity contribution in [1.29, 1.82) is 0 Å². The van der Waals surface area contributed by atoms with Crippen molar-refractivity contribution in [3.05, 3.63) is 71.0 Å². The molecule has 8 rings (SSSR count). The van der Waals surface area contributed by atoms with Gasteiger partial charge in [-0.2, -0.15) is 0 Å². The fourth-order valence-corrected chi connectivity index (χ4v) is 14.7. The minimum absolute atomic E-state index is 0.0311. The number of hydrogen-bond acceptors (Lipinski definition) is 7. The predicted octanol–water partition coefficient (Wildman–Crippen LogP) is 10.1. The Balaban J connectivity index is 1.01. The number of para-hydroxylation sites is 1. The summed E-state index contributed by atoms with van der Waals surface area (Å²) in [7, 11) is 0. The lowest BCUT2D eigenvalue weighted by molar-refractivity contribution is -0.251. The molecule has 11 atom stereocenters. The molecule has 3 aromatic rings. The van der Waals surface area contributed by atoms with Crippen LogP contribution in [0.3, 0.4) is 0 Å². The maximum Gasteiger partial charge on any atom is 0.323 e. The summed E-state index contributed by atoms with van der Waals surface area (Å²) in [6.07, 6.45) is 12.5. The third-order valence-corrected chi connectivity index (χ3v) is 18.0. The number of esters is 2. The van der Waals surface area contributed by atoms with Crippen molar-refractivity contribution >= 4 is 22.8 Å². The highest BCUT2D eigenvalue weighted by atomic mass is 16.5. The van der Waals surface area contributed by atoms with Gasteiger partial charge in [0.1, 0.15) is 18.8 Å². The topological polar surface area (TPSA) is 120 Å². The minimum atomic E-state index is -0.711. The van der Waals surface area contributed by atoms with Gasteiger partial charge in [0.2, 0.25) is 0 Å². The van der Waals surface area contributed by atoms with Crippen molar-refractivity contribution in [3.8, 4) is 0 Å². The Morgan fingerprint density at radius 2 is 1.61 bits per heavy atom. The monoisotopic (exact) mass is 777 g/mol. The number of nitrogens with two attached hydrogens (primary N) is 1. The lowest BCUT2D eigenvalue weighted by Gasteiger charge is -2.72. The number of aromatic nitrogens is 3. The first-order valence-electron chi connectivity index (χ1n) is 22.0. The molecule has 8 heteroatoms. The Morgan fingerprint density at radius 1 is 0.877 bits per heavy atom. The number of fused-ring (bicyclic) bond motifs is 8. The van der Waals surface area contributed by atoms with E-state index in [1.165, 1.54) is 12.0 Å². The Bertz CT molecular complexity index is 2090. The molecule has 3 N–H and O–H groups in total. The van der Waals surface area contributed by atoms with E-state index in [0.29, 0.717) is 30.1 Å². The highest BCUT2D eigenvalue weighted by Gasteiger charge is 2.72. The zero-order valence-corrected chi connectivity index (χ0v) is 36.2. The van der Waals surface area contributed by atoms with Crippen LogP contribution in [0.2, 0.25) is 0 Å². The van der Waals surface area contributed by atoms with E-state index in [-0.39, 0.29) is 52.2 Å². The van der Waals surface area contributed by atoms with Gasteiger partial charge >= 0.3 is 11.9 Å². The third kappa shape index (κ3) is 6.07. The molecule has 5 saturated carbocycles. The molecule has 0 radical (unpaired) electrons. The molecule has 5 fully saturated rings. The molecular formula is C49H68N4O4. The smallest absolute Gasteiger partial charge is 0.323 e. The SMILES string of the molecule is C=C(C)[C@@H]1CC[C@]2(C(=O)OCc3nc(C)c(C)nc3C)CC[C@]3(C)[C@H](CC[C@@H]4[C@@]5(C)CC[C@H](OC(=O)[C@@H](N)Cc6c[nH]c7ccccc67)C(C)(C)[C@@H]5CC[C@]43C)[C@@H]12. The Kier molecular flexibility index (Phi) is 9.93. The molecule has 0 bridgehead atoms. The lowest BCUT2D eigenvalue weighted by Crippen LogP contribution is -2.67. The molecule has 2 heterocycles. The highest BCUT2D eigenvalue weighted by molar-refractivity contribution is 5.84. The van der Waals surface area contributed by atoms with Crippen molar-refractivity contribution in [2.75, 3.05) is 0 Å². The molecule has 57 heavy (non-hydrogen) atoms. The van der Waals surface area contributed by atoms with Gasteiger partial charge in [-0.1, -0.05) is 65.0 Å². The van der Waals surface area contributed by atoms with Gasteiger partial charge < -0.3 is 20.2 Å². The van der Waals surface area contributed by atoms with Crippen LogP contribution in [-0.4, -0.2) is 39.0 Å². The number of benzene rings is 1. The molecule has 8 nitrogen and oxygen atoms in total. The average Bonchev–Trinajstić information content (AvgIpc) is 3.76. The first kappa shape index (κ1) is 40.3. The second-order valence-electron chi connectivity index (χ2n) is 20.8. The molecule has 5 aliphatic carbocycles. The molecule has 0 spiro atoms. The number of nitrogens with zero attached hydrogens (tertiary/aromatic N) is 2. The van der Waals surface area contributed by atoms with E-state index in [1.807, 2.05) is 45.2 Å². The average molecular weight is 777 g/mol. The van der Waals surface area contributed by atoms with Gasteiger partial charge in [0.15, 0.2) is 0 Å². The zero-order valence-electron chi connectivity index (χ0n) is 36.2. The largest absolute Gasteiger partial charge is 0.461 e. The standard InChI is InChI=1S/C49H68N4O4/c1-28(2)33-17-22-49(44(55)56-27-38-31(5)52-29(3)30(4)53-38)24-23-47(9)35(42(33)49)15-16-40-46(8)20-19-41(45(6,7)39(46)18-21-48(40,47)10)57-43(54)36(50)25-32-26-51-37-14-12-11-13-34(32)37/h11-14,26,33,35-36,39-42,51H,1,15-25,27,50H2,2-10H3/t33-,35+,36-,39-,40+,41-,42+,46-,47+,48+,49-/m0/s1. The van der Waals surface area contributed by atoms with Crippen molar-refractivity contribution in [2.24, 2.45) is 62.4 Å². The lowest BCUT2D eigenvalue weighted by atomic mass is 9.32. The summed E-state index contributed by atoms with van der Waals surface area (Å²) in [6.45, 7) is 25.3. The number of allylic oxidation sites excluding steroid dienone is 1. The number of nitrogens with one attached hydrogen (secondary N) is 1. The minimum Gasteiger partial charge on any atom is -0.461 e. The molecule has 0 unspecified atom stereocenters. The van der Waals surface area contributed by atoms with Crippen LogP contribution in [0.4, 0.5) is 0 Å². The first-order valence-corrected chi connectivity index (χ1v) is 22.0. The molecule has 2 aromatic heterocycles. The van der Waals surface area contributed by atoms with E-state index in [2.05, 4.69) is 64.2 Å². The fourth-order valence-electron chi connectivity index (χ4n) is 14.7.